The fourth-order valence-corrected chi connectivity index (χ4v) is 4.50. The van der Waals surface area contributed by atoms with Crippen LogP contribution in [0.5, 0.6) is 0 Å². The molecule has 1 saturated carbocycles. The van der Waals surface area contributed by atoms with Gasteiger partial charge >= 0.3 is 0 Å². The molecule has 4 rings (SSSR count). The summed E-state index contributed by atoms with van der Waals surface area (Å²) < 4.78 is 13.4. The van der Waals surface area contributed by atoms with Crippen molar-refractivity contribution in [3.8, 4) is 11.3 Å². The highest BCUT2D eigenvalue weighted by molar-refractivity contribution is 5.94. The van der Waals surface area contributed by atoms with E-state index in [1.807, 2.05) is 0 Å². The van der Waals surface area contributed by atoms with Crippen LogP contribution in [-0.4, -0.2) is 42.0 Å². The Morgan fingerprint density at radius 1 is 1.13 bits per heavy atom. The van der Waals surface area contributed by atoms with Gasteiger partial charge in [0, 0.05) is 24.3 Å². The molecule has 1 aliphatic carbocycles. The van der Waals surface area contributed by atoms with Crippen molar-refractivity contribution in [2.24, 2.45) is 5.92 Å². The molecule has 0 bridgehead atoms. The van der Waals surface area contributed by atoms with Gasteiger partial charge < -0.3 is 16.0 Å². The van der Waals surface area contributed by atoms with Gasteiger partial charge in [-0.2, -0.15) is 0 Å². The molecule has 1 aromatic heterocycles. The van der Waals surface area contributed by atoms with E-state index in [-0.39, 0.29) is 29.7 Å². The lowest BCUT2D eigenvalue weighted by Gasteiger charge is -2.30. The highest BCUT2D eigenvalue weighted by atomic mass is 19.1. The molecule has 3 N–H and O–H groups in total. The summed E-state index contributed by atoms with van der Waals surface area (Å²) in [5.74, 6) is -0.00203. The molecule has 2 aromatic rings. The minimum absolute atomic E-state index is 0.0538. The van der Waals surface area contributed by atoms with E-state index in [1.165, 1.54) is 18.3 Å². The van der Waals surface area contributed by atoms with Crippen LogP contribution < -0.4 is 16.0 Å². The van der Waals surface area contributed by atoms with Crippen molar-refractivity contribution in [2.45, 2.75) is 50.6 Å². The van der Waals surface area contributed by atoms with Crippen LogP contribution in [-0.2, 0) is 4.79 Å². The molecular weight excluding hydrogens is 395 g/mol. The SMILES string of the molecule is O=C(N[C@H]1CCC[C@@H](CNC(=O)[C@@H]2CCCN2)C1)c1ccc(-c2cccc(F)c2)nc1. The molecule has 1 aliphatic heterocycles. The largest absolute Gasteiger partial charge is 0.354 e. The van der Waals surface area contributed by atoms with Crippen LogP contribution in [0.25, 0.3) is 11.3 Å². The second-order valence-electron chi connectivity index (χ2n) is 8.54. The van der Waals surface area contributed by atoms with Crippen molar-refractivity contribution in [3.63, 3.8) is 0 Å². The van der Waals surface area contributed by atoms with E-state index < -0.39 is 0 Å². The van der Waals surface area contributed by atoms with Gasteiger partial charge in [-0.15, -0.1) is 0 Å². The predicted molar refractivity (Wildman–Crippen MR) is 117 cm³/mol. The molecule has 0 radical (unpaired) electrons. The third-order valence-electron chi connectivity index (χ3n) is 6.21. The molecule has 0 unspecified atom stereocenters. The van der Waals surface area contributed by atoms with Crippen molar-refractivity contribution < 1.29 is 14.0 Å². The monoisotopic (exact) mass is 424 g/mol. The van der Waals surface area contributed by atoms with E-state index in [1.54, 1.807) is 24.3 Å². The minimum Gasteiger partial charge on any atom is -0.354 e. The van der Waals surface area contributed by atoms with Gasteiger partial charge in [0.15, 0.2) is 0 Å². The summed E-state index contributed by atoms with van der Waals surface area (Å²) in [6.45, 7) is 1.57. The molecule has 2 heterocycles. The molecule has 7 heteroatoms. The minimum atomic E-state index is -0.316. The summed E-state index contributed by atoms with van der Waals surface area (Å²) in [5, 5.41) is 9.41. The van der Waals surface area contributed by atoms with Gasteiger partial charge in [-0.25, -0.2) is 4.39 Å². The number of benzene rings is 1. The van der Waals surface area contributed by atoms with E-state index in [9.17, 15) is 14.0 Å². The van der Waals surface area contributed by atoms with Gasteiger partial charge in [0.2, 0.25) is 5.91 Å². The molecule has 0 spiro atoms. The van der Waals surface area contributed by atoms with Crippen LogP contribution in [0.15, 0.2) is 42.6 Å². The zero-order chi connectivity index (χ0) is 21.6. The summed E-state index contributed by atoms with van der Waals surface area (Å²) in [4.78, 5) is 29.2. The van der Waals surface area contributed by atoms with Gasteiger partial charge in [-0.05, 0) is 68.8 Å². The Hall–Kier alpha value is -2.80. The Balaban J connectivity index is 1.28. The number of aromatic nitrogens is 1. The number of rotatable bonds is 6. The Kier molecular flexibility index (Phi) is 6.92. The first-order valence-electron chi connectivity index (χ1n) is 11.1. The Bertz CT molecular complexity index is 912. The van der Waals surface area contributed by atoms with E-state index in [0.717, 1.165) is 45.1 Å². The highest BCUT2D eigenvalue weighted by Gasteiger charge is 2.26. The van der Waals surface area contributed by atoms with Crippen LogP contribution in [0, 0.1) is 11.7 Å². The van der Waals surface area contributed by atoms with Gasteiger partial charge in [-0.3, -0.25) is 14.6 Å². The zero-order valence-corrected chi connectivity index (χ0v) is 17.6. The van der Waals surface area contributed by atoms with Gasteiger partial charge in [-0.1, -0.05) is 18.6 Å². The lowest BCUT2D eigenvalue weighted by Crippen LogP contribution is -2.44. The maximum absolute atomic E-state index is 13.4. The lowest BCUT2D eigenvalue weighted by molar-refractivity contribution is -0.123. The molecule has 6 nitrogen and oxygen atoms in total. The van der Waals surface area contributed by atoms with Crippen molar-refractivity contribution in [1.82, 2.24) is 20.9 Å². The lowest BCUT2D eigenvalue weighted by atomic mass is 9.85. The van der Waals surface area contributed by atoms with Crippen LogP contribution >= 0.6 is 0 Å². The maximum Gasteiger partial charge on any atom is 0.253 e. The van der Waals surface area contributed by atoms with Gasteiger partial charge in [0.05, 0.1) is 17.3 Å². The number of hydrogen-bond acceptors (Lipinski definition) is 4. The number of carbonyl (C=O) groups excluding carboxylic acids is 2. The summed E-state index contributed by atoms with van der Waals surface area (Å²) in [7, 11) is 0. The Morgan fingerprint density at radius 3 is 2.77 bits per heavy atom. The normalized spacial score (nSPS) is 23.3. The molecule has 2 amide bonds. The first kappa shape index (κ1) is 21.4. The van der Waals surface area contributed by atoms with Crippen LogP contribution in [0.3, 0.4) is 0 Å². The third kappa shape index (κ3) is 5.67. The zero-order valence-electron chi connectivity index (χ0n) is 17.6. The quantitative estimate of drug-likeness (QED) is 0.666. The van der Waals surface area contributed by atoms with Crippen molar-refractivity contribution in [1.29, 1.82) is 0 Å². The molecule has 1 aromatic carbocycles. The van der Waals surface area contributed by atoms with Gasteiger partial charge in [0.1, 0.15) is 5.82 Å². The van der Waals surface area contributed by atoms with Crippen LogP contribution in [0.2, 0.25) is 0 Å². The summed E-state index contributed by atoms with van der Waals surface area (Å²) in [6.07, 6.45) is 7.38. The number of nitrogens with zero attached hydrogens (tertiary/aromatic N) is 1. The van der Waals surface area contributed by atoms with Crippen molar-refractivity contribution in [3.05, 3.63) is 54.0 Å². The Labute approximate surface area is 182 Å². The fourth-order valence-electron chi connectivity index (χ4n) is 4.50. The average molecular weight is 425 g/mol. The number of nitrogens with one attached hydrogen (secondary N) is 3. The van der Waals surface area contributed by atoms with E-state index in [2.05, 4.69) is 20.9 Å². The molecular formula is C24H29FN4O2. The standard InChI is InChI=1S/C24H29FN4O2/c25-19-6-2-5-17(13-19)21-10-9-18(15-27-21)23(30)29-20-7-1-4-16(12-20)14-28-24(31)22-8-3-11-26-22/h2,5-6,9-10,13,15-16,20,22,26H,1,3-4,7-8,11-12,14H2,(H,28,31)(H,29,30)/t16-,20+,22+/m1/s1. The van der Waals surface area contributed by atoms with Crippen LogP contribution in [0.4, 0.5) is 4.39 Å². The first-order chi connectivity index (χ1) is 15.1. The maximum atomic E-state index is 13.4. The fraction of sp³-hybridized carbons (Fsp3) is 0.458. The van der Waals surface area contributed by atoms with E-state index >= 15 is 0 Å². The molecule has 3 atom stereocenters. The molecule has 2 fully saturated rings. The topological polar surface area (TPSA) is 83.1 Å². The summed E-state index contributed by atoms with van der Waals surface area (Å²) in [5.41, 5.74) is 1.79. The second-order valence-corrected chi connectivity index (χ2v) is 8.54. The molecule has 31 heavy (non-hydrogen) atoms. The number of pyridine rings is 1. The van der Waals surface area contributed by atoms with Gasteiger partial charge in [0.25, 0.3) is 5.91 Å². The molecule has 2 aliphatic rings. The van der Waals surface area contributed by atoms with Crippen LogP contribution in [0.1, 0.15) is 48.9 Å². The second kappa shape index (κ2) is 10.0. The van der Waals surface area contributed by atoms with Crippen molar-refractivity contribution in [2.75, 3.05) is 13.1 Å². The number of amides is 2. The van der Waals surface area contributed by atoms with E-state index in [0.29, 0.717) is 29.3 Å². The Morgan fingerprint density at radius 2 is 2.03 bits per heavy atom. The van der Waals surface area contributed by atoms with E-state index in [4.69, 9.17) is 0 Å². The predicted octanol–water partition coefficient (Wildman–Crippen LogP) is 3.04. The summed E-state index contributed by atoms with van der Waals surface area (Å²) in [6, 6.07) is 9.73. The third-order valence-corrected chi connectivity index (χ3v) is 6.21. The molecule has 164 valence electrons. The van der Waals surface area contributed by atoms with Crippen molar-refractivity contribution >= 4 is 11.8 Å². The smallest absolute Gasteiger partial charge is 0.253 e. The number of carbonyl (C=O) groups is 2. The highest BCUT2D eigenvalue weighted by Crippen LogP contribution is 2.24. The first-order valence-corrected chi connectivity index (χ1v) is 11.1. The average Bonchev–Trinajstić information content (AvgIpc) is 3.33. The number of halogens is 1. The number of hydrogen-bond donors (Lipinski definition) is 3. The summed E-state index contributed by atoms with van der Waals surface area (Å²) >= 11 is 0. The molecule has 1 saturated heterocycles.